The van der Waals surface area contributed by atoms with Gasteiger partial charge >= 0.3 is 0 Å². The molecule has 0 unspecified atom stereocenters. The predicted octanol–water partition coefficient (Wildman–Crippen LogP) is -0.106. The normalized spacial score (nSPS) is 22.1. The zero-order valence-electron chi connectivity index (χ0n) is 4.89. The number of nitrogens with one attached hydrogen (secondary N) is 2. The van der Waals surface area contributed by atoms with E-state index >= 15 is 0 Å². The molecule has 0 aromatic carbocycles. The molecule has 1 saturated heterocycles. The van der Waals surface area contributed by atoms with Crippen LogP contribution < -0.4 is 10.6 Å². The van der Waals surface area contributed by atoms with E-state index in [0.29, 0.717) is 10.8 Å². The van der Waals surface area contributed by atoms with Crippen molar-refractivity contribution >= 4 is 23.2 Å². The third-order valence-corrected chi connectivity index (χ3v) is 1.21. The summed E-state index contributed by atoms with van der Waals surface area (Å²) >= 11 is 4.66. The highest BCUT2D eigenvalue weighted by molar-refractivity contribution is 7.80. The predicted molar refractivity (Wildman–Crippen MR) is 37.6 cm³/mol. The summed E-state index contributed by atoms with van der Waals surface area (Å²) in [6.07, 6.45) is 1.68. The average Bonchev–Trinajstić information content (AvgIpc) is 2.10. The lowest BCUT2D eigenvalue weighted by molar-refractivity contribution is -0.115. The fraction of sp³-hybridized carbons (Fsp3) is 0.200. The van der Waals surface area contributed by atoms with Crippen LogP contribution in [0.15, 0.2) is 11.8 Å². The van der Waals surface area contributed by atoms with E-state index in [1.807, 2.05) is 0 Å². The second kappa shape index (κ2) is 2.14. The van der Waals surface area contributed by atoms with Crippen LogP contribution in [-0.4, -0.2) is 11.0 Å². The number of hydrogen-bond acceptors (Lipinski definition) is 2. The fourth-order valence-electron chi connectivity index (χ4n) is 0.584. The van der Waals surface area contributed by atoms with Crippen LogP contribution in [-0.2, 0) is 4.79 Å². The Morgan fingerprint density at radius 1 is 1.56 bits per heavy atom. The largest absolute Gasteiger partial charge is 0.328 e. The second-order valence-electron chi connectivity index (χ2n) is 1.61. The molecule has 1 aliphatic rings. The molecule has 1 rings (SSSR count). The Bertz CT molecular complexity index is 197. The molecular weight excluding hydrogens is 136 g/mol. The van der Waals surface area contributed by atoms with Crippen LogP contribution in [0.25, 0.3) is 0 Å². The highest BCUT2D eigenvalue weighted by Gasteiger charge is 2.18. The minimum atomic E-state index is -0.150. The highest BCUT2D eigenvalue weighted by atomic mass is 32.1. The van der Waals surface area contributed by atoms with Gasteiger partial charge in [-0.1, -0.05) is 6.08 Å². The molecule has 0 saturated carbocycles. The molecule has 1 aliphatic heterocycles. The van der Waals surface area contributed by atoms with Gasteiger partial charge in [0.05, 0.1) is 0 Å². The number of hydrogen-bond donors (Lipinski definition) is 2. The molecule has 0 aromatic rings. The summed E-state index contributed by atoms with van der Waals surface area (Å²) in [4.78, 5) is 10.7. The second-order valence-corrected chi connectivity index (χ2v) is 2.02. The molecule has 0 radical (unpaired) electrons. The van der Waals surface area contributed by atoms with Gasteiger partial charge in [-0.2, -0.15) is 0 Å². The summed E-state index contributed by atoms with van der Waals surface area (Å²) in [5.74, 6) is -0.150. The van der Waals surface area contributed by atoms with Crippen LogP contribution in [0.1, 0.15) is 6.92 Å². The van der Waals surface area contributed by atoms with Crippen LogP contribution in [0.4, 0.5) is 0 Å². The Morgan fingerprint density at radius 3 is 2.44 bits per heavy atom. The minimum absolute atomic E-state index is 0.150. The van der Waals surface area contributed by atoms with Crippen LogP contribution in [0.3, 0.4) is 0 Å². The van der Waals surface area contributed by atoms with Crippen LogP contribution in [0.2, 0.25) is 0 Å². The van der Waals surface area contributed by atoms with Crippen molar-refractivity contribution in [3.63, 3.8) is 0 Å². The molecule has 48 valence electrons. The van der Waals surface area contributed by atoms with E-state index in [9.17, 15) is 4.79 Å². The zero-order valence-corrected chi connectivity index (χ0v) is 5.71. The fourth-order valence-corrected chi connectivity index (χ4v) is 0.787. The Morgan fingerprint density at radius 2 is 2.22 bits per heavy atom. The number of amides is 1. The maximum atomic E-state index is 10.7. The first kappa shape index (κ1) is 6.22. The van der Waals surface area contributed by atoms with Gasteiger partial charge in [0.15, 0.2) is 5.11 Å². The summed E-state index contributed by atoms with van der Waals surface area (Å²) in [7, 11) is 0. The number of carbonyl (C=O) groups is 1. The maximum absolute atomic E-state index is 10.7. The van der Waals surface area contributed by atoms with Gasteiger partial charge in [-0.3, -0.25) is 10.1 Å². The quantitative estimate of drug-likeness (QED) is 0.366. The van der Waals surface area contributed by atoms with E-state index in [1.165, 1.54) is 0 Å². The van der Waals surface area contributed by atoms with Gasteiger partial charge in [0.1, 0.15) is 5.70 Å². The van der Waals surface area contributed by atoms with E-state index < -0.39 is 0 Å². The number of rotatable bonds is 0. The van der Waals surface area contributed by atoms with Crippen LogP contribution in [0, 0.1) is 0 Å². The topological polar surface area (TPSA) is 41.1 Å². The van der Waals surface area contributed by atoms with E-state index in [-0.39, 0.29) is 5.91 Å². The molecule has 2 N–H and O–H groups in total. The molecule has 1 heterocycles. The van der Waals surface area contributed by atoms with Gasteiger partial charge in [-0.15, -0.1) is 0 Å². The molecular formula is C5H6N2OS. The number of carbonyl (C=O) groups excluding carboxylic acids is 1. The van der Waals surface area contributed by atoms with Crippen molar-refractivity contribution in [2.45, 2.75) is 6.92 Å². The smallest absolute Gasteiger partial charge is 0.273 e. The monoisotopic (exact) mass is 142 g/mol. The summed E-state index contributed by atoms with van der Waals surface area (Å²) in [6, 6.07) is 0. The first-order valence-corrected chi connectivity index (χ1v) is 2.93. The van der Waals surface area contributed by atoms with Gasteiger partial charge in [0.2, 0.25) is 0 Å². The molecule has 0 bridgehead atoms. The molecule has 9 heavy (non-hydrogen) atoms. The van der Waals surface area contributed by atoms with Crippen molar-refractivity contribution in [2.24, 2.45) is 0 Å². The van der Waals surface area contributed by atoms with Gasteiger partial charge < -0.3 is 5.32 Å². The SMILES string of the molecule is CC=C1NC(=S)NC1=O. The molecule has 3 nitrogen and oxygen atoms in total. The summed E-state index contributed by atoms with van der Waals surface area (Å²) < 4.78 is 0. The van der Waals surface area contributed by atoms with Gasteiger partial charge in [-0.25, -0.2) is 0 Å². The van der Waals surface area contributed by atoms with E-state index in [2.05, 4.69) is 22.9 Å². The highest BCUT2D eigenvalue weighted by Crippen LogP contribution is 1.95. The Labute approximate surface area is 58.1 Å². The summed E-state index contributed by atoms with van der Waals surface area (Å²) in [5, 5.41) is 5.50. The molecule has 0 atom stereocenters. The van der Waals surface area contributed by atoms with Crippen molar-refractivity contribution in [3.8, 4) is 0 Å². The van der Waals surface area contributed by atoms with E-state index in [4.69, 9.17) is 0 Å². The first-order chi connectivity index (χ1) is 4.24. The molecule has 0 aromatic heterocycles. The molecule has 0 spiro atoms. The van der Waals surface area contributed by atoms with Crippen molar-refractivity contribution in [1.29, 1.82) is 0 Å². The maximum Gasteiger partial charge on any atom is 0.273 e. The lowest BCUT2D eigenvalue weighted by atomic mass is 10.4. The summed E-state index contributed by atoms with van der Waals surface area (Å²) in [6.45, 7) is 1.77. The van der Waals surface area contributed by atoms with Gasteiger partial charge in [-0.05, 0) is 19.1 Å². The van der Waals surface area contributed by atoms with Crippen molar-refractivity contribution < 1.29 is 4.79 Å². The Kier molecular flexibility index (Phi) is 1.48. The van der Waals surface area contributed by atoms with E-state index in [0.717, 1.165) is 0 Å². The van der Waals surface area contributed by atoms with Crippen molar-refractivity contribution in [1.82, 2.24) is 10.6 Å². The van der Waals surface area contributed by atoms with Crippen LogP contribution in [0.5, 0.6) is 0 Å². The average molecular weight is 142 g/mol. The van der Waals surface area contributed by atoms with Crippen LogP contribution >= 0.6 is 12.2 Å². The lowest BCUT2D eigenvalue weighted by Gasteiger charge is -1.87. The standard InChI is InChI=1S/C5H6N2OS/c1-2-3-4(8)7-5(9)6-3/h2H,1H3,(H2,6,7,8,9). The van der Waals surface area contributed by atoms with E-state index in [1.54, 1.807) is 13.0 Å². The summed E-state index contributed by atoms with van der Waals surface area (Å²) in [5.41, 5.74) is 0.528. The van der Waals surface area contributed by atoms with Crippen molar-refractivity contribution in [3.05, 3.63) is 11.8 Å². The van der Waals surface area contributed by atoms with Crippen molar-refractivity contribution in [2.75, 3.05) is 0 Å². The number of thiocarbonyl (C=S) groups is 1. The Hall–Kier alpha value is -0.900. The molecule has 0 aliphatic carbocycles. The molecule has 4 heteroatoms. The third-order valence-electron chi connectivity index (χ3n) is 1.01. The molecule has 1 amide bonds. The van der Waals surface area contributed by atoms with Gasteiger partial charge in [0, 0.05) is 0 Å². The third kappa shape index (κ3) is 1.08. The minimum Gasteiger partial charge on any atom is -0.328 e. The lowest BCUT2D eigenvalue weighted by Crippen LogP contribution is -2.21. The zero-order chi connectivity index (χ0) is 6.85. The molecule has 1 fully saturated rings. The number of allylic oxidation sites excluding steroid dienone is 1. The first-order valence-electron chi connectivity index (χ1n) is 2.52. The Balaban J connectivity index is 2.81. The van der Waals surface area contributed by atoms with Gasteiger partial charge in [0.25, 0.3) is 5.91 Å².